The van der Waals surface area contributed by atoms with E-state index in [4.69, 9.17) is 14.9 Å². The van der Waals surface area contributed by atoms with Gasteiger partial charge in [-0.2, -0.15) is 0 Å². The summed E-state index contributed by atoms with van der Waals surface area (Å²) in [5.74, 6) is -4.77. The number of hydrogen-bond acceptors (Lipinski definition) is 7. The SMILES string of the molecule is O=C(Nc1ccc(O)c(C(=O)O)c1)c1ccc(-c2ccc(C(=O)Oc3ccc(O)c(C(=O)O)c3)cc2)cc1. The Morgan fingerprint density at radius 2 is 1.11 bits per heavy atom. The van der Waals surface area contributed by atoms with Crippen molar-refractivity contribution in [2.24, 2.45) is 0 Å². The van der Waals surface area contributed by atoms with Crippen LogP contribution < -0.4 is 10.1 Å². The predicted octanol–water partition coefficient (Wildman–Crippen LogP) is 4.63. The van der Waals surface area contributed by atoms with Crippen LogP contribution in [0.4, 0.5) is 5.69 Å². The van der Waals surface area contributed by atoms with E-state index >= 15 is 0 Å². The highest BCUT2D eigenvalue weighted by Crippen LogP contribution is 2.26. The fourth-order valence-corrected chi connectivity index (χ4v) is 3.52. The van der Waals surface area contributed by atoms with Crippen molar-refractivity contribution in [3.63, 3.8) is 0 Å². The van der Waals surface area contributed by atoms with Gasteiger partial charge in [-0.25, -0.2) is 14.4 Å². The van der Waals surface area contributed by atoms with Gasteiger partial charge < -0.3 is 30.5 Å². The highest BCUT2D eigenvalue weighted by atomic mass is 16.5. The van der Waals surface area contributed by atoms with Crippen molar-refractivity contribution in [1.82, 2.24) is 0 Å². The smallest absolute Gasteiger partial charge is 0.343 e. The molecule has 0 unspecified atom stereocenters. The summed E-state index contributed by atoms with van der Waals surface area (Å²) in [4.78, 5) is 47.3. The molecule has 0 heterocycles. The quantitative estimate of drug-likeness (QED) is 0.134. The number of hydrogen-bond donors (Lipinski definition) is 5. The molecule has 190 valence electrons. The van der Waals surface area contributed by atoms with E-state index in [-0.39, 0.29) is 22.6 Å². The first-order chi connectivity index (χ1) is 18.1. The zero-order chi connectivity index (χ0) is 27.4. The first kappa shape index (κ1) is 25.5. The van der Waals surface area contributed by atoms with Gasteiger partial charge in [-0.05, 0) is 71.8 Å². The molecule has 0 atom stereocenters. The first-order valence-corrected chi connectivity index (χ1v) is 11.0. The molecule has 0 aliphatic rings. The number of rotatable bonds is 7. The van der Waals surface area contributed by atoms with E-state index < -0.39 is 40.9 Å². The molecule has 0 aromatic heterocycles. The summed E-state index contributed by atoms with van der Waals surface area (Å²) in [6, 6.07) is 20.1. The normalized spacial score (nSPS) is 10.4. The standard InChI is InChI=1S/C28H19NO9/c30-23-11-9-19(13-21(23)26(33)34)29-25(32)17-5-1-15(2-6-17)16-3-7-18(8-4-16)28(37)38-20-10-12-24(31)22(14-20)27(35)36/h1-14,30-31H,(H,29,32)(H,33,34)(H,35,36). The summed E-state index contributed by atoms with van der Waals surface area (Å²) in [6.45, 7) is 0. The van der Waals surface area contributed by atoms with Gasteiger partial charge in [-0.3, -0.25) is 4.79 Å². The van der Waals surface area contributed by atoms with Gasteiger partial charge >= 0.3 is 17.9 Å². The number of carboxylic acids is 2. The molecule has 0 aliphatic heterocycles. The Hall–Kier alpha value is -5.64. The summed E-state index contributed by atoms with van der Waals surface area (Å²) in [6.07, 6.45) is 0. The summed E-state index contributed by atoms with van der Waals surface area (Å²) in [7, 11) is 0. The molecule has 0 aliphatic carbocycles. The summed E-state index contributed by atoms with van der Waals surface area (Å²) >= 11 is 0. The van der Waals surface area contributed by atoms with Gasteiger partial charge in [0.2, 0.25) is 0 Å². The Bertz CT molecular complexity index is 1440. The maximum Gasteiger partial charge on any atom is 0.343 e. The van der Waals surface area contributed by atoms with Crippen LogP contribution in [0, 0.1) is 0 Å². The third kappa shape index (κ3) is 5.60. The third-order valence-corrected chi connectivity index (χ3v) is 5.49. The lowest BCUT2D eigenvalue weighted by Crippen LogP contribution is -2.12. The van der Waals surface area contributed by atoms with Gasteiger partial charge in [0.25, 0.3) is 5.91 Å². The molecule has 0 fully saturated rings. The second-order valence-corrected chi connectivity index (χ2v) is 8.02. The number of phenols is 2. The predicted molar refractivity (Wildman–Crippen MR) is 135 cm³/mol. The highest BCUT2D eigenvalue weighted by Gasteiger charge is 2.15. The lowest BCUT2D eigenvalue weighted by atomic mass is 10.0. The van der Waals surface area contributed by atoms with E-state index in [9.17, 15) is 29.4 Å². The molecule has 0 saturated heterocycles. The largest absolute Gasteiger partial charge is 0.507 e. The Morgan fingerprint density at radius 3 is 1.66 bits per heavy atom. The molecule has 0 spiro atoms. The Morgan fingerprint density at radius 1 is 0.605 bits per heavy atom. The van der Waals surface area contributed by atoms with Crippen LogP contribution in [0.3, 0.4) is 0 Å². The molecule has 4 aromatic rings. The van der Waals surface area contributed by atoms with Crippen LogP contribution in [0.5, 0.6) is 17.2 Å². The molecule has 5 N–H and O–H groups in total. The highest BCUT2D eigenvalue weighted by molar-refractivity contribution is 6.05. The summed E-state index contributed by atoms with van der Waals surface area (Å²) in [5.41, 5.74) is 1.51. The average molecular weight is 513 g/mol. The van der Waals surface area contributed by atoms with Crippen LogP contribution in [0.15, 0.2) is 84.9 Å². The number of carboxylic acid groups (broad SMARTS) is 2. The number of carbonyl (C=O) groups excluding carboxylic acids is 2. The van der Waals surface area contributed by atoms with Crippen LogP contribution >= 0.6 is 0 Å². The van der Waals surface area contributed by atoms with Gasteiger partial charge in [-0.1, -0.05) is 24.3 Å². The molecule has 1 amide bonds. The van der Waals surface area contributed by atoms with E-state index in [0.717, 1.165) is 29.3 Å². The topological polar surface area (TPSA) is 170 Å². The van der Waals surface area contributed by atoms with Crippen LogP contribution in [-0.4, -0.2) is 44.2 Å². The molecular formula is C28H19NO9. The van der Waals surface area contributed by atoms with Crippen LogP contribution in [-0.2, 0) is 0 Å². The lowest BCUT2D eigenvalue weighted by Gasteiger charge is -2.09. The van der Waals surface area contributed by atoms with Gasteiger partial charge in [-0.15, -0.1) is 0 Å². The van der Waals surface area contributed by atoms with Crippen molar-refractivity contribution in [2.45, 2.75) is 0 Å². The van der Waals surface area contributed by atoms with Crippen molar-refractivity contribution >= 4 is 29.5 Å². The Balaban J connectivity index is 1.43. The minimum absolute atomic E-state index is 0.0328. The molecule has 0 bridgehead atoms. The second-order valence-electron chi connectivity index (χ2n) is 8.02. The second kappa shape index (κ2) is 10.5. The zero-order valence-electron chi connectivity index (χ0n) is 19.4. The molecular weight excluding hydrogens is 494 g/mol. The number of anilines is 1. The Labute approximate surface area is 215 Å². The molecule has 0 radical (unpaired) electrons. The molecule has 10 heteroatoms. The van der Waals surface area contributed by atoms with Gasteiger partial charge in [0.05, 0.1) is 5.56 Å². The summed E-state index contributed by atoms with van der Waals surface area (Å²) in [5, 5.41) is 39.9. The summed E-state index contributed by atoms with van der Waals surface area (Å²) < 4.78 is 5.21. The van der Waals surface area contributed by atoms with Gasteiger partial charge in [0, 0.05) is 11.3 Å². The van der Waals surface area contributed by atoms with Gasteiger partial charge in [0.1, 0.15) is 28.4 Å². The number of benzene rings is 4. The number of aromatic carboxylic acids is 2. The number of esters is 1. The monoisotopic (exact) mass is 513 g/mol. The number of amides is 1. The number of carbonyl (C=O) groups is 4. The zero-order valence-corrected chi connectivity index (χ0v) is 19.4. The van der Waals surface area contributed by atoms with E-state index in [1.54, 1.807) is 36.4 Å². The van der Waals surface area contributed by atoms with E-state index in [0.29, 0.717) is 5.56 Å². The molecule has 38 heavy (non-hydrogen) atoms. The van der Waals surface area contributed by atoms with Crippen molar-refractivity contribution in [1.29, 1.82) is 0 Å². The lowest BCUT2D eigenvalue weighted by molar-refractivity contribution is 0.0680. The van der Waals surface area contributed by atoms with E-state index in [2.05, 4.69) is 5.32 Å². The van der Waals surface area contributed by atoms with Crippen LogP contribution in [0.2, 0.25) is 0 Å². The molecule has 4 rings (SSSR count). The van der Waals surface area contributed by atoms with Crippen LogP contribution in [0.1, 0.15) is 41.4 Å². The van der Waals surface area contributed by atoms with Crippen LogP contribution in [0.25, 0.3) is 11.1 Å². The average Bonchev–Trinajstić information content (AvgIpc) is 2.90. The van der Waals surface area contributed by atoms with E-state index in [1.165, 1.54) is 30.3 Å². The minimum atomic E-state index is -1.36. The van der Waals surface area contributed by atoms with Crippen molar-refractivity contribution in [3.05, 3.63) is 107 Å². The fraction of sp³-hybridized carbons (Fsp3) is 0. The Kier molecular flexibility index (Phi) is 7.06. The van der Waals surface area contributed by atoms with Crippen molar-refractivity contribution in [2.75, 3.05) is 5.32 Å². The maximum atomic E-state index is 12.6. The number of nitrogens with one attached hydrogen (secondary N) is 1. The molecule has 0 saturated carbocycles. The molecule has 10 nitrogen and oxygen atoms in total. The first-order valence-electron chi connectivity index (χ1n) is 11.0. The van der Waals surface area contributed by atoms with Crippen molar-refractivity contribution in [3.8, 4) is 28.4 Å². The number of ether oxygens (including phenoxy) is 1. The maximum absolute atomic E-state index is 12.6. The third-order valence-electron chi connectivity index (χ3n) is 5.49. The fourth-order valence-electron chi connectivity index (χ4n) is 3.52. The minimum Gasteiger partial charge on any atom is -0.507 e. The van der Waals surface area contributed by atoms with Crippen molar-refractivity contribution < 1.29 is 44.3 Å². The molecule has 4 aromatic carbocycles. The van der Waals surface area contributed by atoms with E-state index in [1.807, 2.05) is 0 Å². The number of aromatic hydroxyl groups is 2. The van der Waals surface area contributed by atoms with Gasteiger partial charge in [0.15, 0.2) is 0 Å².